The maximum Gasteiger partial charge on any atom is 0.329 e. The van der Waals surface area contributed by atoms with Crippen molar-refractivity contribution in [2.24, 2.45) is 0 Å². The highest BCUT2D eigenvalue weighted by Crippen LogP contribution is 2.38. The number of nitrogens with one attached hydrogen (secondary N) is 1. The molecule has 0 saturated carbocycles. The second kappa shape index (κ2) is 8.46. The van der Waals surface area contributed by atoms with Crippen molar-refractivity contribution in [3.63, 3.8) is 0 Å². The summed E-state index contributed by atoms with van der Waals surface area (Å²) >= 11 is 0. The summed E-state index contributed by atoms with van der Waals surface area (Å²) in [5.74, 6) is -0.0399. The van der Waals surface area contributed by atoms with Crippen LogP contribution in [0.5, 0.6) is 0 Å². The Balaban J connectivity index is 1.41. The van der Waals surface area contributed by atoms with Gasteiger partial charge in [0.15, 0.2) is 9.84 Å². The number of carbonyl (C=O) groups excluding carboxylic acids is 1. The molecule has 0 spiro atoms. The van der Waals surface area contributed by atoms with Gasteiger partial charge in [-0.25, -0.2) is 13.2 Å². The Morgan fingerprint density at radius 3 is 2.39 bits per heavy atom. The first-order valence-electron chi connectivity index (χ1n) is 11.4. The topological polar surface area (TPSA) is 93.4 Å². The van der Waals surface area contributed by atoms with E-state index in [0.29, 0.717) is 11.3 Å². The van der Waals surface area contributed by atoms with Gasteiger partial charge in [0.2, 0.25) is 5.91 Å². The van der Waals surface area contributed by atoms with E-state index in [0.717, 1.165) is 42.5 Å². The summed E-state index contributed by atoms with van der Waals surface area (Å²) in [6, 6.07) is 15.1. The average molecular weight is 469 g/mol. The number of likely N-dealkylation sites (tertiary alicyclic amines) is 1. The van der Waals surface area contributed by atoms with Crippen LogP contribution in [0.1, 0.15) is 36.9 Å². The molecule has 1 amide bonds. The molecule has 174 valence electrons. The Morgan fingerprint density at radius 1 is 1.00 bits per heavy atom. The Labute approximate surface area is 192 Å². The van der Waals surface area contributed by atoms with Crippen LogP contribution in [-0.4, -0.2) is 54.2 Å². The number of sulfone groups is 1. The first kappa shape index (κ1) is 21.9. The molecular weight excluding hydrogens is 440 g/mol. The van der Waals surface area contributed by atoms with Crippen LogP contribution in [0.15, 0.2) is 58.2 Å². The molecule has 8 nitrogen and oxygen atoms in total. The van der Waals surface area contributed by atoms with E-state index in [1.165, 1.54) is 0 Å². The first-order valence-corrected chi connectivity index (χ1v) is 13.0. The van der Waals surface area contributed by atoms with Crippen molar-refractivity contribution in [3.8, 4) is 0 Å². The second-order valence-corrected chi connectivity index (χ2v) is 10.9. The lowest BCUT2D eigenvalue weighted by molar-refractivity contribution is -0.121. The van der Waals surface area contributed by atoms with Crippen LogP contribution in [0.25, 0.3) is 11.0 Å². The van der Waals surface area contributed by atoms with Gasteiger partial charge < -0.3 is 5.32 Å². The third-order valence-corrected chi connectivity index (χ3v) is 8.84. The molecule has 1 saturated heterocycles. The van der Waals surface area contributed by atoms with Crippen molar-refractivity contribution in [1.82, 2.24) is 19.4 Å². The van der Waals surface area contributed by atoms with Crippen LogP contribution >= 0.6 is 0 Å². The summed E-state index contributed by atoms with van der Waals surface area (Å²) in [6.45, 7) is 1.56. The number of hydrogen-bond donors (Lipinski definition) is 1. The zero-order valence-corrected chi connectivity index (χ0v) is 19.4. The number of carbonyl (C=O) groups is 1. The van der Waals surface area contributed by atoms with E-state index >= 15 is 0 Å². The van der Waals surface area contributed by atoms with Gasteiger partial charge in [0, 0.05) is 32.2 Å². The van der Waals surface area contributed by atoms with Crippen molar-refractivity contribution in [3.05, 3.63) is 64.6 Å². The van der Waals surface area contributed by atoms with E-state index in [1.54, 1.807) is 23.7 Å². The highest BCUT2D eigenvalue weighted by molar-refractivity contribution is 7.91. The van der Waals surface area contributed by atoms with Crippen LogP contribution in [-0.2, 0) is 21.2 Å². The molecule has 2 aliphatic heterocycles. The number of aromatic nitrogens is 2. The summed E-state index contributed by atoms with van der Waals surface area (Å²) in [5.41, 5.74) is 2.34. The number of fused-ring (bicyclic) bond motifs is 2. The molecule has 3 aromatic rings. The van der Waals surface area contributed by atoms with Crippen molar-refractivity contribution in [1.29, 1.82) is 0 Å². The molecule has 0 radical (unpaired) electrons. The summed E-state index contributed by atoms with van der Waals surface area (Å²) in [6.07, 6.45) is 2.17. The number of benzene rings is 2. The van der Waals surface area contributed by atoms with Gasteiger partial charge >= 0.3 is 5.69 Å². The van der Waals surface area contributed by atoms with Gasteiger partial charge in [0.25, 0.3) is 0 Å². The Kier molecular flexibility index (Phi) is 5.62. The van der Waals surface area contributed by atoms with Gasteiger partial charge in [-0.1, -0.05) is 30.3 Å². The zero-order valence-electron chi connectivity index (χ0n) is 18.6. The Morgan fingerprint density at radius 2 is 1.67 bits per heavy atom. The van der Waals surface area contributed by atoms with Crippen LogP contribution in [0.2, 0.25) is 0 Å². The number of nitrogens with zero attached hydrogens (tertiary/aromatic N) is 3. The minimum atomic E-state index is -3.21. The van der Waals surface area contributed by atoms with E-state index in [-0.39, 0.29) is 36.0 Å². The maximum atomic E-state index is 13.3. The zero-order chi connectivity index (χ0) is 23.2. The summed E-state index contributed by atoms with van der Waals surface area (Å²) < 4.78 is 28.4. The molecule has 5 rings (SSSR count). The number of rotatable bonds is 4. The van der Waals surface area contributed by atoms with Crippen LogP contribution < -0.4 is 11.0 Å². The number of imidazole rings is 1. The molecule has 1 atom stereocenters. The van der Waals surface area contributed by atoms with E-state index in [1.807, 2.05) is 41.0 Å². The van der Waals surface area contributed by atoms with Crippen molar-refractivity contribution in [2.75, 3.05) is 25.9 Å². The van der Waals surface area contributed by atoms with Crippen LogP contribution in [0.4, 0.5) is 0 Å². The molecule has 2 aromatic carbocycles. The lowest BCUT2D eigenvalue weighted by Gasteiger charge is -2.40. The van der Waals surface area contributed by atoms with E-state index < -0.39 is 9.84 Å². The molecule has 33 heavy (non-hydrogen) atoms. The number of hydrogen-bond acceptors (Lipinski definition) is 5. The smallest absolute Gasteiger partial charge is 0.329 e. The SMILES string of the molecule is CNC(=O)Cn1c(=O)n(C2CCN(C3CCS(=O)(=O)c4ccccc43)CC2)c2ccccc21. The normalized spacial score (nSPS) is 21.1. The fourth-order valence-corrected chi connectivity index (χ4v) is 6.97. The van der Waals surface area contributed by atoms with Crippen LogP contribution in [0, 0.1) is 0 Å². The van der Waals surface area contributed by atoms with E-state index in [9.17, 15) is 18.0 Å². The Bertz CT molecular complexity index is 1370. The molecule has 1 aromatic heterocycles. The van der Waals surface area contributed by atoms with Gasteiger partial charge in [-0.3, -0.25) is 18.8 Å². The molecule has 1 fully saturated rings. The standard InChI is InChI=1S/C24H28N4O4S/c1-25-23(29)16-27-20-7-3-4-8-21(20)28(24(27)30)17-10-13-26(14-11-17)19-12-15-33(31,32)22-9-5-2-6-18(19)22/h2-9,17,19H,10-16H2,1H3,(H,25,29). The fraction of sp³-hybridized carbons (Fsp3) is 0.417. The lowest BCUT2D eigenvalue weighted by Crippen LogP contribution is -2.42. The second-order valence-electron chi connectivity index (χ2n) is 8.83. The molecule has 1 unspecified atom stereocenters. The molecule has 1 N–H and O–H groups in total. The fourth-order valence-electron chi connectivity index (χ4n) is 5.37. The van der Waals surface area contributed by atoms with Crippen LogP contribution in [0.3, 0.4) is 0 Å². The molecule has 2 aliphatic rings. The monoisotopic (exact) mass is 468 g/mol. The maximum absolute atomic E-state index is 13.3. The van der Waals surface area contributed by atoms with Gasteiger partial charge in [-0.2, -0.15) is 0 Å². The molecule has 9 heteroatoms. The summed E-state index contributed by atoms with van der Waals surface area (Å²) in [4.78, 5) is 28.1. The molecule has 0 aliphatic carbocycles. The van der Waals surface area contributed by atoms with Crippen molar-refractivity contribution >= 4 is 26.8 Å². The molecular formula is C24H28N4O4S. The quantitative estimate of drug-likeness (QED) is 0.633. The molecule has 3 heterocycles. The van der Waals surface area contributed by atoms with E-state index in [2.05, 4.69) is 10.2 Å². The third-order valence-electron chi connectivity index (χ3n) is 7.03. The van der Waals surface area contributed by atoms with Gasteiger partial charge in [0.1, 0.15) is 6.54 Å². The van der Waals surface area contributed by atoms with Crippen molar-refractivity contribution in [2.45, 2.75) is 42.8 Å². The van der Waals surface area contributed by atoms with Crippen molar-refractivity contribution < 1.29 is 13.2 Å². The number of para-hydroxylation sites is 2. The number of piperidine rings is 1. The first-order chi connectivity index (χ1) is 15.9. The summed E-state index contributed by atoms with van der Waals surface area (Å²) in [7, 11) is -1.65. The van der Waals surface area contributed by atoms with Gasteiger partial charge in [-0.15, -0.1) is 0 Å². The average Bonchev–Trinajstić information content (AvgIpc) is 3.10. The van der Waals surface area contributed by atoms with Gasteiger partial charge in [-0.05, 0) is 43.0 Å². The minimum Gasteiger partial charge on any atom is -0.358 e. The summed E-state index contributed by atoms with van der Waals surface area (Å²) in [5, 5.41) is 2.59. The number of likely N-dealkylation sites (N-methyl/N-ethyl adjacent to an activating group) is 1. The predicted molar refractivity (Wildman–Crippen MR) is 126 cm³/mol. The Hall–Kier alpha value is -2.91. The van der Waals surface area contributed by atoms with E-state index in [4.69, 9.17) is 0 Å². The minimum absolute atomic E-state index is 0.00494. The highest BCUT2D eigenvalue weighted by atomic mass is 32.2. The molecule has 0 bridgehead atoms. The van der Waals surface area contributed by atoms with Gasteiger partial charge in [0.05, 0.1) is 21.7 Å². The largest absolute Gasteiger partial charge is 0.358 e. The lowest BCUT2D eigenvalue weighted by atomic mass is 9.97. The number of amides is 1. The third kappa shape index (κ3) is 3.79. The highest BCUT2D eigenvalue weighted by Gasteiger charge is 2.35. The predicted octanol–water partition coefficient (Wildman–Crippen LogP) is 2.10.